The van der Waals surface area contributed by atoms with Gasteiger partial charge >= 0.3 is 5.97 Å². The van der Waals surface area contributed by atoms with Crippen LogP contribution in [0.2, 0.25) is 0 Å². The van der Waals surface area contributed by atoms with Crippen molar-refractivity contribution in [3.63, 3.8) is 0 Å². The van der Waals surface area contributed by atoms with E-state index >= 15 is 0 Å². The van der Waals surface area contributed by atoms with Gasteiger partial charge in [0, 0.05) is 19.2 Å². The molecule has 0 aromatic heterocycles. The third-order valence-electron chi connectivity index (χ3n) is 2.03. The predicted octanol–water partition coefficient (Wildman–Crippen LogP) is 1.60. The number of esters is 1. The maximum atomic E-state index is 11.1. The number of carbonyl (C=O) groups excluding carboxylic acids is 1. The molecule has 0 aliphatic carbocycles. The fourth-order valence-corrected chi connectivity index (χ4v) is 1.29. The Bertz CT molecular complexity index is 211. The van der Waals surface area contributed by atoms with Crippen molar-refractivity contribution in [2.45, 2.75) is 39.2 Å². The van der Waals surface area contributed by atoms with E-state index in [0.717, 1.165) is 31.4 Å². The summed E-state index contributed by atoms with van der Waals surface area (Å²) >= 11 is 0. The highest BCUT2D eigenvalue weighted by molar-refractivity contribution is 5.90. The molecule has 74 valence electrons. The number of hydrogen-bond acceptors (Lipinski definition) is 3. The van der Waals surface area contributed by atoms with Crippen molar-refractivity contribution in [3.8, 4) is 0 Å². The average Bonchev–Trinajstić information content (AvgIpc) is 2.39. The lowest BCUT2D eigenvalue weighted by Crippen LogP contribution is -2.09. The standard InChI is InChI=1S/C10H17NO2/c1-3-4-5-11-7-9-6-8(2)13-10(9)12/h7-8,11H,3-6H2,1-2H3/b9-7-. The maximum absolute atomic E-state index is 11.1. The molecule has 0 spiro atoms. The van der Waals surface area contributed by atoms with E-state index in [9.17, 15) is 4.79 Å². The fraction of sp³-hybridized carbons (Fsp3) is 0.700. The van der Waals surface area contributed by atoms with Crippen molar-refractivity contribution in [1.29, 1.82) is 0 Å². The topological polar surface area (TPSA) is 38.3 Å². The van der Waals surface area contributed by atoms with Gasteiger partial charge in [-0.15, -0.1) is 0 Å². The minimum atomic E-state index is -0.170. The van der Waals surface area contributed by atoms with Gasteiger partial charge in [-0.05, 0) is 13.3 Å². The van der Waals surface area contributed by atoms with Gasteiger partial charge in [0.15, 0.2) is 0 Å². The Labute approximate surface area is 79.2 Å². The van der Waals surface area contributed by atoms with Crippen molar-refractivity contribution >= 4 is 5.97 Å². The number of ether oxygens (including phenoxy) is 1. The number of rotatable bonds is 4. The molecule has 0 amide bonds. The number of hydrogen-bond donors (Lipinski definition) is 1. The van der Waals surface area contributed by atoms with Crippen LogP contribution in [0.5, 0.6) is 0 Å². The smallest absolute Gasteiger partial charge is 0.335 e. The summed E-state index contributed by atoms with van der Waals surface area (Å²) in [5.74, 6) is -0.170. The molecular formula is C10H17NO2. The highest BCUT2D eigenvalue weighted by Crippen LogP contribution is 2.18. The van der Waals surface area contributed by atoms with Crippen molar-refractivity contribution < 1.29 is 9.53 Å². The average molecular weight is 183 g/mol. The number of unbranched alkanes of at least 4 members (excludes halogenated alkanes) is 1. The van der Waals surface area contributed by atoms with Gasteiger partial charge in [0.2, 0.25) is 0 Å². The second kappa shape index (κ2) is 4.90. The summed E-state index contributed by atoms with van der Waals surface area (Å²) in [6, 6.07) is 0. The van der Waals surface area contributed by atoms with Crippen LogP contribution in [0.1, 0.15) is 33.1 Å². The Morgan fingerprint density at radius 3 is 3.00 bits per heavy atom. The molecule has 0 saturated carbocycles. The first-order valence-electron chi connectivity index (χ1n) is 4.87. The van der Waals surface area contributed by atoms with Crippen LogP contribution in [-0.4, -0.2) is 18.6 Å². The number of cyclic esters (lactones) is 1. The molecule has 1 atom stereocenters. The molecule has 1 rings (SSSR count). The summed E-state index contributed by atoms with van der Waals surface area (Å²) in [6.45, 7) is 4.98. The summed E-state index contributed by atoms with van der Waals surface area (Å²) in [5, 5.41) is 3.12. The maximum Gasteiger partial charge on any atom is 0.335 e. The lowest BCUT2D eigenvalue weighted by atomic mass is 10.2. The Balaban J connectivity index is 2.30. The van der Waals surface area contributed by atoms with E-state index in [2.05, 4.69) is 12.2 Å². The molecule has 0 aromatic carbocycles. The van der Waals surface area contributed by atoms with Crippen LogP contribution in [0.4, 0.5) is 0 Å². The van der Waals surface area contributed by atoms with Gasteiger partial charge < -0.3 is 10.1 Å². The van der Waals surface area contributed by atoms with Crippen molar-refractivity contribution in [2.75, 3.05) is 6.54 Å². The van der Waals surface area contributed by atoms with Crippen LogP contribution in [0.15, 0.2) is 11.8 Å². The SMILES string of the molecule is CCCCN/C=C1/CC(C)OC1=O. The van der Waals surface area contributed by atoms with Gasteiger partial charge in [0.05, 0.1) is 5.57 Å². The van der Waals surface area contributed by atoms with E-state index in [1.807, 2.05) is 6.92 Å². The second-order valence-electron chi connectivity index (χ2n) is 3.40. The Morgan fingerprint density at radius 2 is 2.46 bits per heavy atom. The minimum absolute atomic E-state index is 0.0479. The van der Waals surface area contributed by atoms with E-state index < -0.39 is 0 Å². The molecule has 1 heterocycles. The lowest BCUT2D eigenvalue weighted by Gasteiger charge is -1.98. The summed E-state index contributed by atoms with van der Waals surface area (Å²) in [4.78, 5) is 11.1. The van der Waals surface area contributed by atoms with E-state index in [0.29, 0.717) is 0 Å². The molecule has 1 saturated heterocycles. The summed E-state index contributed by atoms with van der Waals surface area (Å²) in [7, 11) is 0. The molecule has 1 unspecified atom stereocenters. The first-order chi connectivity index (χ1) is 6.24. The molecule has 3 heteroatoms. The molecule has 0 bridgehead atoms. The lowest BCUT2D eigenvalue weighted by molar-refractivity contribution is -0.138. The van der Waals surface area contributed by atoms with Crippen molar-refractivity contribution in [1.82, 2.24) is 5.32 Å². The van der Waals surface area contributed by atoms with Crippen LogP contribution in [-0.2, 0) is 9.53 Å². The number of carbonyl (C=O) groups is 1. The van der Waals surface area contributed by atoms with Crippen molar-refractivity contribution in [2.24, 2.45) is 0 Å². The third-order valence-corrected chi connectivity index (χ3v) is 2.03. The Morgan fingerprint density at radius 1 is 1.69 bits per heavy atom. The van der Waals surface area contributed by atoms with Crippen LogP contribution >= 0.6 is 0 Å². The molecule has 13 heavy (non-hydrogen) atoms. The molecular weight excluding hydrogens is 166 g/mol. The predicted molar refractivity (Wildman–Crippen MR) is 51.2 cm³/mol. The van der Waals surface area contributed by atoms with Crippen LogP contribution in [0.3, 0.4) is 0 Å². The van der Waals surface area contributed by atoms with Crippen molar-refractivity contribution in [3.05, 3.63) is 11.8 Å². The molecule has 1 aliphatic heterocycles. The van der Waals surface area contributed by atoms with Gasteiger partial charge in [0.25, 0.3) is 0 Å². The highest BCUT2D eigenvalue weighted by Gasteiger charge is 2.24. The molecule has 1 fully saturated rings. The largest absolute Gasteiger partial charge is 0.459 e. The molecule has 0 radical (unpaired) electrons. The van der Waals surface area contributed by atoms with Gasteiger partial charge in [-0.25, -0.2) is 4.79 Å². The molecule has 0 aromatic rings. The minimum Gasteiger partial charge on any atom is -0.459 e. The third kappa shape index (κ3) is 3.09. The summed E-state index contributed by atoms with van der Waals surface area (Å²) < 4.78 is 4.98. The quantitative estimate of drug-likeness (QED) is 0.408. The van der Waals surface area contributed by atoms with Gasteiger partial charge in [-0.2, -0.15) is 0 Å². The van der Waals surface area contributed by atoms with E-state index in [-0.39, 0.29) is 12.1 Å². The Hall–Kier alpha value is -0.990. The van der Waals surface area contributed by atoms with Crippen LogP contribution in [0, 0.1) is 0 Å². The van der Waals surface area contributed by atoms with Gasteiger partial charge in [-0.3, -0.25) is 0 Å². The molecule has 3 nitrogen and oxygen atoms in total. The zero-order chi connectivity index (χ0) is 9.68. The highest BCUT2D eigenvalue weighted by atomic mass is 16.5. The van der Waals surface area contributed by atoms with Crippen LogP contribution in [0.25, 0.3) is 0 Å². The van der Waals surface area contributed by atoms with Gasteiger partial charge in [0.1, 0.15) is 6.10 Å². The van der Waals surface area contributed by atoms with Gasteiger partial charge in [-0.1, -0.05) is 13.3 Å². The van der Waals surface area contributed by atoms with E-state index in [1.165, 1.54) is 0 Å². The molecule has 1 N–H and O–H groups in total. The second-order valence-corrected chi connectivity index (χ2v) is 3.40. The molecule has 1 aliphatic rings. The number of nitrogens with one attached hydrogen (secondary N) is 1. The zero-order valence-electron chi connectivity index (χ0n) is 8.30. The van der Waals surface area contributed by atoms with E-state index in [4.69, 9.17) is 4.74 Å². The monoisotopic (exact) mass is 183 g/mol. The summed E-state index contributed by atoms with van der Waals surface area (Å²) in [6.07, 6.45) is 4.87. The first kappa shape index (κ1) is 10.1. The van der Waals surface area contributed by atoms with E-state index in [1.54, 1.807) is 6.20 Å². The fourth-order valence-electron chi connectivity index (χ4n) is 1.29. The zero-order valence-corrected chi connectivity index (χ0v) is 8.30. The Kier molecular flexibility index (Phi) is 3.80. The summed E-state index contributed by atoms with van der Waals surface area (Å²) in [5.41, 5.74) is 0.767. The van der Waals surface area contributed by atoms with Crippen LogP contribution < -0.4 is 5.32 Å². The first-order valence-corrected chi connectivity index (χ1v) is 4.87. The normalized spacial score (nSPS) is 24.9.